The van der Waals surface area contributed by atoms with Gasteiger partial charge in [0, 0.05) is 6.61 Å². The fourth-order valence-electron chi connectivity index (χ4n) is 1.74. The summed E-state index contributed by atoms with van der Waals surface area (Å²) >= 11 is 0. The van der Waals surface area contributed by atoms with Gasteiger partial charge in [-0.25, -0.2) is 0 Å². The van der Waals surface area contributed by atoms with Crippen LogP contribution in [0.2, 0.25) is 0 Å². The van der Waals surface area contributed by atoms with Gasteiger partial charge in [0.15, 0.2) is 17.3 Å². The van der Waals surface area contributed by atoms with Gasteiger partial charge >= 0.3 is 11.9 Å². The number of hydrogen-bond acceptors (Lipinski definition) is 8. The van der Waals surface area contributed by atoms with Gasteiger partial charge in [-0.3, -0.25) is 24.0 Å². The van der Waals surface area contributed by atoms with Crippen LogP contribution >= 0.6 is 0 Å². The number of Topliss-reactive ketones (excluding diaryl/α,β-unsaturated/α-hetero) is 3. The molecule has 0 aliphatic heterocycles. The van der Waals surface area contributed by atoms with E-state index in [1.54, 1.807) is 20.8 Å². The molecular weight excluding hydrogens is 308 g/mol. The van der Waals surface area contributed by atoms with E-state index in [4.69, 9.17) is 4.74 Å². The van der Waals surface area contributed by atoms with Crippen molar-refractivity contribution in [3.05, 3.63) is 0 Å². The molecule has 130 valence electrons. The van der Waals surface area contributed by atoms with Gasteiger partial charge in [-0.2, -0.15) is 0 Å². The first-order valence-electron chi connectivity index (χ1n) is 7.34. The van der Waals surface area contributed by atoms with Gasteiger partial charge < -0.3 is 14.2 Å². The van der Waals surface area contributed by atoms with Crippen molar-refractivity contribution in [3.8, 4) is 0 Å². The minimum Gasteiger partial charge on any atom is -0.466 e. The Bertz CT molecular complexity index is 422. The molecule has 0 N–H and O–H groups in total. The molecule has 0 fully saturated rings. The quantitative estimate of drug-likeness (QED) is 0.370. The molecule has 8 nitrogen and oxygen atoms in total. The number of carbonyl (C=O) groups is 5. The first-order valence-corrected chi connectivity index (χ1v) is 7.34. The van der Waals surface area contributed by atoms with Crippen molar-refractivity contribution in [2.24, 2.45) is 5.92 Å². The monoisotopic (exact) mass is 330 g/mol. The van der Waals surface area contributed by atoms with E-state index in [0.717, 1.165) is 0 Å². The fraction of sp³-hybridized carbons (Fsp3) is 0.667. The Morgan fingerprint density at radius 3 is 1.48 bits per heavy atom. The number of hydrogen-bond donors (Lipinski definition) is 0. The molecule has 0 rings (SSSR count). The van der Waals surface area contributed by atoms with E-state index in [-0.39, 0.29) is 19.8 Å². The Balaban J connectivity index is 5.02. The van der Waals surface area contributed by atoms with Gasteiger partial charge in [0.1, 0.15) is 25.4 Å². The van der Waals surface area contributed by atoms with Crippen LogP contribution in [0.5, 0.6) is 0 Å². The number of ketones is 3. The molecule has 0 unspecified atom stereocenters. The molecule has 0 atom stereocenters. The fourth-order valence-corrected chi connectivity index (χ4v) is 1.74. The normalized spacial score (nSPS) is 10.3. The van der Waals surface area contributed by atoms with E-state index >= 15 is 0 Å². The van der Waals surface area contributed by atoms with E-state index in [9.17, 15) is 24.0 Å². The molecule has 0 aliphatic rings. The van der Waals surface area contributed by atoms with Crippen LogP contribution in [0.15, 0.2) is 0 Å². The Labute approximate surface area is 134 Å². The van der Waals surface area contributed by atoms with Crippen molar-refractivity contribution in [2.45, 2.75) is 33.6 Å². The standard InChI is InChI=1S/C15H22O8/c1-4-21-9-12(18)15(10(16)7-13(19)22-5-2)11(17)8-14(20)23-6-3/h15H,4-9H2,1-3H3. The molecule has 8 heteroatoms. The van der Waals surface area contributed by atoms with Crippen LogP contribution in [0.3, 0.4) is 0 Å². The molecule has 0 amide bonds. The van der Waals surface area contributed by atoms with Crippen LogP contribution in [0.4, 0.5) is 0 Å². The summed E-state index contributed by atoms with van der Waals surface area (Å²) in [6, 6.07) is 0. The third-order valence-electron chi connectivity index (χ3n) is 2.66. The summed E-state index contributed by atoms with van der Waals surface area (Å²) in [6.07, 6.45) is -1.43. The summed E-state index contributed by atoms with van der Waals surface area (Å²) in [5.74, 6) is -6.03. The largest absolute Gasteiger partial charge is 0.466 e. The highest BCUT2D eigenvalue weighted by Crippen LogP contribution is 2.11. The van der Waals surface area contributed by atoms with Gasteiger partial charge in [-0.1, -0.05) is 0 Å². The van der Waals surface area contributed by atoms with E-state index in [1.807, 2.05) is 0 Å². The highest BCUT2D eigenvalue weighted by atomic mass is 16.5. The Hall–Kier alpha value is -2.09. The molecule has 0 aromatic rings. The van der Waals surface area contributed by atoms with Gasteiger partial charge in [0.2, 0.25) is 0 Å². The second-order valence-corrected chi connectivity index (χ2v) is 4.43. The third kappa shape index (κ3) is 8.20. The van der Waals surface area contributed by atoms with Crippen molar-refractivity contribution < 1.29 is 38.2 Å². The first-order chi connectivity index (χ1) is 10.9. The zero-order valence-corrected chi connectivity index (χ0v) is 13.6. The number of rotatable bonds is 12. The summed E-state index contributed by atoms with van der Waals surface area (Å²) in [6.45, 7) is 4.67. The Morgan fingerprint density at radius 1 is 0.696 bits per heavy atom. The van der Waals surface area contributed by atoms with Gasteiger partial charge in [-0.15, -0.1) is 0 Å². The SMILES string of the molecule is CCOCC(=O)C(C(=O)CC(=O)OCC)C(=O)CC(=O)OCC. The lowest BCUT2D eigenvalue weighted by atomic mass is 9.90. The molecule has 0 saturated carbocycles. The lowest BCUT2D eigenvalue weighted by molar-refractivity contribution is -0.149. The van der Waals surface area contributed by atoms with Crippen molar-refractivity contribution in [1.82, 2.24) is 0 Å². The van der Waals surface area contributed by atoms with Gasteiger partial charge in [0.25, 0.3) is 0 Å². The van der Waals surface area contributed by atoms with Crippen molar-refractivity contribution in [2.75, 3.05) is 26.4 Å². The molecule has 0 saturated heterocycles. The van der Waals surface area contributed by atoms with Gasteiger partial charge in [-0.05, 0) is 20.8 Å². The van der Waals surface area contributed by atoms with E-state index in [0.29, 0.717) is 0 Å². The number of esters is 2. The van der Waals surface area contributed by atoms with Crippen molar-refractivity contribution in [3.63, 3.8) is 0 Å². The molecule has 23 heavy (non-hydrogen) atoms. The predicted molar refractivity (Wildman–Crippen MR) is 77.5 cm³/mol. The number of carbonyl (C=O) groups excluding carboxylic acids is 5. The molecule has 0 aromatic carbocycles. The van der Waals surface area contributed by atoms with Crippen LogP contribution in [0.1, 0.15) is 33.6 Å². The minimum absolute atomic E-state index is 0.0699. The number of ether oxygens (including phenoxy) is 3. The van der Waals surface area contributed by atoms with Crippen LogP contribution in [0.25, 0.3) is 0 Å². The Morgan fingerprint density at radius 2 is 1.13 bits per heavy atom. The lowest BCUT2D eigenvalue weighted by Crippen LogP contribution is -2.37. The van der Waals surface area contributed by atoms with Crippen LogP contribution in [-0.4, -0.2) is 55.7 Å². The second kappa shape index (κ2) is 11.5. The second-order valence-electron chi connectivity index (χ2n) is 4.43. The molecular formula is C15H22O8. The summed E-state index contributed by atoms with van der Waals surface area (Å²) in [7, 11) is 0. The summed E-state index contributed by atoms with van der Waals surface area (Å²) < 4.78 is 14.1. The van der Waals surface area contributed by atoms with E-state index in [2.05, 4.69) is 9.47 Å². The highest BCUT2D eigenvalue weighted by Gasteiger charge is 2.35. The summed E-state index contributed by atoms with van der Waals surface area (Å²) in [5, 5.41) is 0. The molecule has 0 aliphatic carbocycles. The van der Waals surface area contributed by atoms with Crippen LogP contribution in [-0.2, 0) is 38.2 Å². The zero-order valence-electron chi connectivity index (χ0n) is 13.6. The Kier molecular flexibility index (Phi) is 10.4. The molecule has 0 bridgehead atoms. The van der Waals surface area contributed by atoms with E-state index < -0.39 is 54.7 Å². The molecule has 0 spiro atoms. The highest BCUT2D eigenvalue weighted by molar-refractivity contribution is 6.24. The smallest absolute Gasteiger partial charge is 0.313 e. The maximum Gasteiger partial charge on any atom is 0.313 e. The lowest BCUT2D eigenvalue weighted by Gasteiger charge is -2.13. The summed E-state index contributed by atoms with van der Waals surface area (Å²) in [5.41, 5.74) is 0. The summed E-state index contributed by atoms with van der Waals surface area (Å²) in [4.78, 5) is 58.8. The molecule has 0 aromatic heterocycles. The average Bonchev–Trinajstić information content (AvgIpc) is 2.45. The average molecular weight is 330 g/mol. The van der Waals surface area contributed by atoms with Gasteiger partial charge in [0.05, 0.1) is 13.2 Å². The molecule has 0 heterocycles. The maximum atomic E-state index is 12.1. The zero-order chi connectivity index (χ0) is 17.8. The first kappa shape index (κ1) is 20.9. The van der Waals surface area contributed by atoms with Crippen molar-refractivity contribution in [1.29, 1.82) is 0 Å². The topological polar surface area (TPSA) is 113 Å². The maximum absolute atomic E-state index is 12.1. The minimum atomic E-state index is -1.73. The van der Waals surface area contributed by atoms with Crippen molar-refractivity contribution >= 4 is 29.3 Å². The molecule has 0 radical (unpaired) electrons. The predicted octanol–water partition coefficient (Wildman–Crippen LogP) is 0.253. The third-order valence-corrected chi connectivity index (χ3v) is 2.66. The van der Waals surface area contributed by atoms with Crippen LogP contribution < -0.4 is 0 Å². The van der Waals surface area contributed by atoms with Crippen LogP contribution in [0, 0.1) is 5.92 Å². The van der Waals surface area contributed by atoms with E-state index in [1.165, 1.54) is 0 Å².